The third-order valence-electron chi connectivity index (χ3n) is 4.94. The van der Waals surface area contributed by atoms with Crippen LogP contribution in [-0.2, 0) is 24.3 Å². The Hall–Kier alpha value is -2.23. The summed E-state index contributed by atoms with van der Waals surface area (Å²) < 4.78 is 31.8. The standard InChI is InChI=1S/C19H25N3O5S/c1-16(23)20-8-10-21(11-9-20)19(24)7-4-17-2-5-18(6-3-17)28(25,26)22-12-14-27-15-13-22/h2-7H,8-15H2,1H3/b7-4+. The van der Waals surface area contributed by atoms with Crippen molar-refractivity contribution in [3.8, 4) is 0 Å². The van der Waals surface area contributed by atoms with E-state index in [0.717, 1.165) is 5.56 Å². The molecular weight excluding hydrogens is 382 g/mol. The lowest BCUT2D eigenvalue weighted by atomic mass is 10.2. The van der Waals surface area contributed by atoms with Crippen molar-refractivity contribution in [2.45, 2.75) is 11.8 Å². The first-order chi connectivity index (χ1) is 13.4. The molecule has 2 aliphatic rings. The van der Waals surface area contributed by atoms with Crippen molar-refractivity contribution < 1.29 is 22.7 Å². The van der Waals surface area contributed by atoms with Crippen molar-refractivity contribution >= 4 is 27.9 Å². The van der Waals surface area contributed by atoms with E-state index >= 15 is 0 Å². The smallest absolute Gasteiger partial charge is 0.246 e. The highest BCUT2D eigenvalue weighted by molar-refractivity contribution is 7.89. The molecule has 0 spiro atoms. The fourth-order valence-corrected chi connectivity index (χ4v) is 4.61. The normalized spacial score (nSPS) is 19.2. The largest absolute Gasteiger partial charge is 0.379 e. The molecule has 28 heavy (non-hydrogen) atoms. The van der Waals surface area contributed by atoms with Crippen molar-refractivity contribution in [3.63, 3.8) is 0 Å². The van der Waals surface area contributed by atoms with Gasteiger partial charge in [0.15, 0.2) is 0 Å². The minimum Gasteiger partial charge on any atom is -0.379 e. The summed E-state index contributed by atoms with van der Waals surface area (Å²) in [4.78, 5) is 27.3. The second kappa shape index (κ2) is 8.85. The van der Waals surface area contributed by atoms with Crippen LogP contribution in [0.4, 0.5) is 0 Å². The van der Waals surface area contributed by atoms with Gasteiger partial charge >= 0.3 is 0 Å². The number of morpholine rings is 1. The second-order valence-corrected chi connectivity index (χ2v) is 8.69. The number of sulfonamides is 1. The number of rotatable bonds is 4. The molecule has 0 unspecified atom stereocenters. The maximum absolute atomic E-state index is 12.6. The third-order valence-corrected chi connectivity index (χ3v) is 6.86. The Labute approximate surface area is 165 Å². The lowest BCUT2D eigenvalue weighted by molar-refractivity contribution is -0.135. The molecule has 2 saturated heterocycles. The van der Waals surface area contributed by atoms with Gasteiger partial charge < -0.3 is 14.5 Å². The predicted octanol–water partition coefficient (Wildman–Crippen LogP) is 0.411. The monoisotopic (exact) mass is 407 g/mol. The van der Waals surface area contributed by atoms with Crippen LogP contribution in [0.25, 0.3) is 6.08 Å². The molecule has 1 aromatic carbocycles. The van der Waals surface area contributed by atoms with Gasteiger partial charge in [0.25, 0.3) is 0 Å². The number of carbonyl (C=O) groups is 2. The average Bonchev–Trinajstić information content (AvgIpc) is 2.73. The van der Waals surface area contributed by atoms with Crippen LogP contribution in [-0.4, -0.2) is 86.8 Å². The summed E-state index contributed by atoms with van der Waals surface area (Å²) in [6.45, 7) is 5.17. The molecule has 0 saturated carbocycles. The number of piperazine rings is 1. The lowest BCUT2D eigenvalue weighted by Gasteiger charge is -2.33. The summed E-state index contributed by atoms with van der Waals surface area (Å²) in [5.74, 6) is -0.0945. The van der Waals surface area contributed by atoms with Gasteiger partial charge in [0.2, 0.25) is 21.8 Å². The SMILES string of the molecule is CC(=O)N1CCN(C(=O)/C=C/c2ccc(S(=O)(=O)N3CCOCC3)cc2)CC1. The summed E-state index contributed by atoms with van der Waals surface area (Å²) >= 11 is 0. The molecule has 2 amide bonds. The molecule has 0 aromatic heterocycles. The van der Waals surface area contributed by atoms with E-state index in [1.165, 1.54) is 17.3 Å². The van der Waals surface area contributed by atoms with Crippen LogP contribution in [0.2, 0.25) is 0 Å². The van der Waals surface area contributed by atoms with Gasteiger partial charge in [0.05, 0.1) is 18.1 Å². The average molecular weight is 407 g/mol. The number of amides is 2. The van der Waals surface area contributed by atoms with E-state index in [9.17, 15) is 18.0 Å². The predicted molar refractivity (Wildman–Crippen MR) is 104 cm³/mol. The zero-order chi connectivity index (χ0) is 20.1. The van der Waals surface area contributed by atoms with E-state index in [4.69, 9.17) is 4.74 Å². The molecule has 2 heterocycles. The number of benzene rings is 1. The third kappa shape index (κ3) is 4.78. The first-order valence-electron chi connectivity index (χ1n) is 9.28. The molecule has 152 valence electrons. The fourth-order valence-electron chi connectivity index (χ4n) is 3.20. The van der Waals surface area contributed by atoms with Gasteiger partial charge in [-0.25, -0.2) is 8.42 Å². The fraction of sp³-hybridized carbons (Fsp3) is 0.474. The molecule has 9 heteroatoms. The highest BCUT2D eigenvalue weighted by atomic mass is 32.2. The summed E-state index contributed by atoms with van der Waals surface area (Å²) in [6.07, 6.45) is 3.15. The molecule has 0 atom stereocenters. The van der Waals surface area contributed by atoms with Gasteiger partial charge in [-0.1, -0.05) is 12.1 Å². The van der Waals surface area contributed by atoms with Gasteiger partial charge in [0, 0.05) is 52.3 Å². The van der Waals surface area contributed by atoms with Crippen LogP contribution >= 0.6 is 0 Å². The molecule has 2 fully saturated rings. The number of nitrogens with zero attached hydrogens (tertiary/aromatic N) is 3. The highest BCUT2D eigenvalue weighted by Gasteiger charge is 2.26. The molecule has 0 N–H and O–H groups in total. The van der Waals surface area contributed by atoms with Crippen LogP contribution < -0.4 is 0 Å². The molecular formula is C19H25N3O5S. The van der Waals surface area contributed by atoms with Crippen molar-refractivity contribution in [1.29, 1.82) is 0 Å². The molecule has 2 aliphatic heterocycles. The van der Waals surface area contributed by atoms with Crippen LogP contribution in [0, 0.1) is 0 Å². The zero-order valence-electron chi connectivity index (χ0n) is 15.9. The lowest BCUT2D eigenvalue weighted by Crippen LogP contribution is -2.49. The van der Waals surface area contributed by atoms with Crippen molar-refractivity contribution in [1.82, 2.24) is 14.1 Å². The zero-order valence-corrected chi connectivity index (χ0v) is 16.7. The van der Waals surface area contributed by atoms with E-state index in [1.807, 2.05) is 0 Å². The Balaban J connectivity index is 1.59. The summed E-state index contributed by atoms with van der Waals surface area (Å²) in [5, 5.41) is 0. The summed E-state index contributed by atoms with van der Waals surface area (Å²) in [5.41, 5.74) is 0.747. The summed E-state index contributed by atoms with van der Waals surface area (Å²) in [7, 11) is -3.52. The van der Waals surface area contributed by atoms with E-state index in [1.54, 1.807) is 40.1 Å². The van der Waals surface area contributed by atoms with Gasteiger partial charge in [-0.15, -0.1) is 0 Å². The molecule has 1 aromatic rings. The summed E-state index contributed by atoms with van der Waals surface area (Å²) in [6, 6.07) is 6.48. The van der Waals surface area contributed by atoms with E-state index in [0.29, 0.717) is 52.5 Å². The van der Waals surface area contributed by atoms with Crippen LogP contribution in [0.1, 0.15) is 12.5 Å². The van der Waals surface area contributed by atoms with Gasteiger partial charge in [-0.3, -0.25) is 9.59 Å². The second-order valence-electron chi connectivity index (χ2n) is 6.75. The van der Waals surface area contributed by atoms with Crippen LogP contribution in [0.15, 0.2) is 35.2 Å². The topological polar surface area (TPSA) is 87.2 Å². The quantitative estimate of drug-likeness (QED) is 0.675. The van der Waals surface area contributed by atoms with Crippen LogP contribution in [0.5, 0.6) is 0 Å². The van der Waals surface area contributed by atoms with E-state index in [-0.39, 0.29) is 16.7 Å². The minimum atomic E-state index is -3.52. The molecule has 3 rings (SSSR count). The molecule has 0 bridgehead atoms. The first-order valence-corrected chi connectivity index (χ1v) is 10.7. The maximum Gasteiger partial charge on any atom is 0.246 e. The molecule has 8 nitrogen and oxygen atoms in total. The Kier molecular flexibility index (Phi) is 6.48. The van der Waals surface area contributed by atoms with Gasteiger partial charge in [-0.05, 0) is 23.8 Å². The molecule has 0 radical (unpaired) electrons. The van der Waals surface area contributed by atoms with Gasteiger partial charge in [-0.2, -0.15) is 4.31 Å². The van der Waals surface area contributed by atoms with Gasteiger partial charge in [0.1, 0.15) is 0 Å². The number of ether oxygens (including phenoxy) is 1. The highest BCUT2D eigenvalue weighted by Crippen LogP contribution is 2.18. The van der Waals surface area contributed by atoms with Crippen molar-refractivity contribution in [3.05, 3.63) is 35.9 Å². The Morgan fingerprint density at radius 2 is 1.50 bits per heavy atom. The Bertz CT molecular complexity index is 837. The number of hydrogen-bond donors (Lipinski definition) is 0. The van der Waals surface area contributed by atoms with Crippen molar-refractivity contribution in [2.24, 2.45) is 0 Å². The Morgan fingerprint density at radius 1 is 0.929 bits per heavy atom. The number of hydrogen-bond acceptors (Lipinski definition) is 5. The van der Waals surface area contributed by atoms with Crippen molar-refractivity contribution in [2.75, 3.05) is 52.5 Å². The van der Waals surface area contributed by atoms with E-state index in [2.05, 4.69) is 0 Å². The Morgan fingerprint density at radius 3 is 2.07 bits per heavy atom. The first kappa shape index (κ1) is 20.5. The maximum atomic E-state index is 12.6. The number of carbonyl (C=O) groups excluding carboxylic acids is 2. The minimum absolute atomic E-state index is 0.0229. The van der Waals surface area contributed by atoms with Crippen LogP contribution in [0.3, 0.4) is 0 Å². The molecule has 0 aliphatic carbocycles. The van der Waals surface area contributed by atoms with E-state index < -0.39 is 10.0 Å².